The van der Waals surface area contributed by atoms with Crippen LogP contribution in [0.3, 0.4) is 0 Å². The van der Waals surface area contributed by atoms with E-state index in [0.717, 1.165) is 12.2 Å². The molecule has 1 atom stereocenters. The quantitative estimate of drug-likeness (QED) is 0.640. The molecule has 1 aromatic rings. The van der Waals surface area contributed by atoms with E-state index in [1.807, 2.05) is 24.8 Å². The zero-order valence-electron chi connectivity index (χ0n) is 11.8. The van der Waals surface area contributed by atoms with Gasteiger partial charge in [-0.25, -0.2) is 0 Å². The largest absolute Gasteiger partial charge is 0.494 e. The Hall–Kier alpha value is -1.43. The number of nitrogens with zero attached hydrogens (tertiary/aromatic N) is 1. The van der Waals surface area contributed by atoms with E-state index in [9.17, 15) is 10.1 Å². The van der Waals surface area contributed by atoms with E-state index in [1.54, 1.807) is 6.07 Å². The van der Waals surface area contributed by atoms with Crippen LogP contribution in [-0.2, 0) is 0 Å². The predicted octanol–water partition coefficient (Wildman–Crippen LogP) is 3.69. The molecule has 1 heterocycles. The molecule has 5 nitrogen and oxygen atoms in total. The maximum absolute atomic E-state index is 11.0. The number of nitro groups is 1. The topological polar surface area (TPSA) is 64.4 Å². The lowest BCUT2D eigenvalue weighted by Gasteiger charge is -2.23. The first kappa shape index (κ1) is 15.0. The number of ether oxygens (including phenoxy) is 1. The predicted molar refractivity (Wildman–Crippen MR) is 82.9 cm³/mol. The van der Waals surface area contributed by atoms with Crippen molar-refractivity contribution >= 4 is 23.1 Å². The number of nitro benzene ring substituents is 1. The second-order valence-electron chi connectivity index (χ2n) is 5.16. The average Bonchev–Trinajstić information content (AvgIpc) is 2.84. The minimum absolute atomic E-state index is 0.0580. The molecule has 0 amide bonds. The van der Waals surface area contributed by atoms with Crippen molar-refractivity contribution in [2.75, 3.05) is 24.2 Å². The van der Waals surface area contributed by atoms with Gasteiger partial charge in [0.25, 0.3) is 5.69 Å². The Balaban J connectivity index is 2.11. The van der Waals surface area contributed by atoms with E-state index in [1.165, 1.54) is 24.7 Å². The van der Waals surface area contributed by atoms with Crippen LogP contribution in [0.1, 0.15) is 26.7 Å². The van der Waals surface area contributed by atoms with Gasteiger partial charge in [0, 0.05) is 29.1 Å². The third-order valence-electron chi connectivity index (χ3n) is 3.38. The summed E-state index contributed by atoms with van der Waals surface area (Å²) >= 11 is 1.96. The SMILES string of the molecule is CCOc1cc(NCC2(C)CCCS2)cc([N+](=O)[O-])c1. The molecule has 0 aromatic heterocycles. The third-order valence-corrected chi connectivity index (χ3v) is 4.92. The van der Waals surface area contributed by atoms with Crippen molar-refractivity contribution in [3.05, 3.63) is 28.3 Å². The lowest BCUT2D eigenvalue weighted by Crippen LogP contribution is -2.27. The molecule has 110 valence electrons. The minimum atomic E-state index is -0.389. The van der Waals surface area contributed by atoms with Gasteiger partial charge in [-0.05, 0) is 32.4 Å². The maximum Gasteiger partial charge on any atom is 0.275 e. The van der Waals surface area contributed by atoms with Crippen molar-refractivity contribution in [2.24, 2.45) is 0 Å². The van der Waals surface area contributed by atoms with E-state index in [2.05, 4.69) is 12.2 Å². The van der Waals surface area contributed by atoms with E-state index in [4.69, 9.17) is 4.74 Å². The molecule has 1 aliphatic heterocycles. The van der Waals surface area contributed by atoms with Gasteiger partial charge in [-0.2, -0.15) is 11.8 Å². The molecule has 1 saturated heterocycles. The molecule has 2 rings (SSSR count). The van der Waals surface area contributed by atoms with Crippen LogP contribution in [0.15, 0.2) is 18.2 Å². The van der Waals surface area contributed by atoms with E-state index < -0.39 is 0 Å². The molecule has 1 aliphatic rings. The van der Waals surface area contributed by atoms with Crippen molar-refractivity contribution in [1.29, 1.82) is 0 Å². The monoisotopic (exact) mass is 296 g/mol. The van der Waals surface area contributed by atoms with Gasteiger partial charge in [0.05, 0.1) is 17.6 Å². The van der Waals surface area contributed by atoms with Gasteiger partial charge >= 0.3 is 0 Å². The average molecular weight is 296 g/mol. The number of rotatable bonds is 6. The van der Waals surface area contributed by atoms with Crippen LogP contribution in [0.4, 0.5) is 11.4 Å². The normalized spacial score (nSPS) is 21.7. The molecule has 0 bridgehead atoms. The van der Waals surface area contributed by atoms with E-state index in [0.29, 0.717) is 12.4 Å². The van der Waals surface area contributed by atoms with Crippen molar-refractivity contribution < 1.29 is 9.66 Å². The number of anilines is 1. The zero-order chi connectivity index (χ0) is 14.6. The molecule has 0 saturated carbocycles. The Morgan fingerprint density at radius 3 is 2.90 bits per heavy atom. The highest BCUT2D eigenvalue weighted by atomic mass is 32.2. The van der Waals surface area contributed by atoms with Gasteiger partial charge in [-0.3, -0.25) is 10.1 Å². The minimum Gasteiger partial charge on any atom is -0.494 e. The number of hydrogen-bond donors (Lipinski definition) is 1. The molecule has 1 unspecified atom stereocenters. The van der Waals surface area contributed by atoms with Crippen LogP contribution in [0, 0.1) is 10.1 Å². The Morgan fingerprint density at radius 2 is 2.30 bits per heavy atom. The Kier molecular flexibility index (Phi) is 4.75. The highest BCUT2D eigenvalue weighted by Crippen LogP contribution is 2.38. The molecule has 1 fully saturated rings. The van der Waals surface area contributed by atoms with Crippen LogP contribution < -0.4 is 10.1 Å². The highest BCUT2D eigenvalue weighted by molar-refractivity contribution is 8.00. The van der Waals surface area contributed by atoms with Crippen molar-refractivity contribution in [1.82, 2.24) is 0 Å². The summed E-state index contributed by atoms with van der Waals surface area (Å²) in [5.74, 6) is 1.73. The molecule has 1 aromatic carbocycles. The maximum atomic E-state index is 11.0. The molecule has 0 spiro atoms. The molecule has 0 radical (unpaired) electrons. The van der Waals surface area contributed by atoms with E-state index >= 15 is 0 Å². The first-order chi connectivity index (χ1) is 9.52. The first-order valence-electron chi connectivity index (χ1n) is 6.82. The van der Waals surface area contributed by atoms with Crippen molar-refractivity contribution in [2.45, 2.75) is 31.4 Å². The fourth-order valence-corrected chi connectivity index (χ4v) is 3.55. The smallest absolute Gasteiger partial charge is 0.275 e. The van der Waals surface area contributed by atoms with Crippen molar-refractivity contribution in [3.8, 4) is 5.75 Å². The molecule has 1 N–H and O–H groups in total. The van der Waals surface area contributed by atoms with Gasteiger partial charge < -0.3 is 10.1 Å². The van der Waals surface area contributed by atoms with Crippen molar-refractivity contribution in [3.63, 3.8) is 0 Å². The Bertz CT molecular complexity index is 487. The van der Waals surface area contributed by atoms with Crippen LogP contribution in [-0.4, -0.2) is 28.6 Å². The standard InChI is InChI=1S/C14H20N2O3S/c1-3-19-13-8-11(7-12(9-13)16(17)18)15-10-14(2)5-4-6-20-14/h7-9,15H,3-6,10H2,1-2H3. The molecule has 0 aliphatic carbocycles. The van der Waals surface area contributed by atoms with Gasteiger partial charge in [0.1, 0.15) is 5.75 Å². The zero-order valence-corrected chi connectivity index (χ0v) is 12.7. The lowest BCUT2D eigenvalue weighted by atomic mass is 10.1. The number of thioether (sulfide) groups is 1. The third kappa shape index (κ3) is 3.79. The fourth-order valence-electron chi connectivity index (χ4n) is 2.31. The summed E-state index contributed by atoms with van der Waals surface area (Å²) in [5, 5.41) is 14.3. The second kappa shape index (κ2) is 6.35. The summed E-state index contributed by atoms with van der Waals surface area (Å²) in [4.78, 5) is 10.6. The number of hydrogen-bond acceptors (Lipinski definition) is 5. The summed E-state index contributed by atoms with van der Waals surface area (Å²) in [6, 6.07) is 4.84. The molecular weight excluding hydrogens is 276 g/mol. The van der Waals surface area contributed by atoms with Crippen LogP contribution in [0.25, 0.3) is 0 Å². The van der Waals surface area contributed by atoms with Gasteiger partial charge in [-0.1, -0.05) is 0 Å². The summed E-state index contributed by atoms with van der Waals surface area (Å²) in [7, 11) is 0. The Labute approximate surface area is 123 Å². The Morgan fingerprint density at radius 1 is 1.50 bits per heavy atom. The van der Waals surface area contributed by atoms with Gasteiger partial charge in [0.15, 0.2) is 0 Å². The van der Waals surface area contributed by atoms with Crippen LogP contribution in [0.2, 0.25) is 0 Å². The molecule has 20 heavy (non-hydrogen) atoms. The highest BCUT2D eigenvalue weighted by Gasteiger charge is 2.29. The number of benzene rings is 1. The molecular formula is C14H20N2O3S. The summed E-state index contributed by atoms with van der Waals surface area (Å²) < 4.78 is 5.60. The summed E-state index contributed by atoms with van der Waals surface area (Å²) in [5.41, 5.74) is 0.805. The second-order valence-corrected chi connectivity index (χ2v) is 6.84. The van der Waals surface area contributed by atoms with Gasteiger partial charge in [0.2, 0.25) is 0 Å². The van der Waals surface area contributed by atoms with Crippen LogP contribution >= 0.6 is 11.8 Å². The number of non-ortho nitro benzene ring substituents is 1. The summed E-state index contributed by atoms with van der Waals surface area (Å²) in [6.07, 6.45) is 2.42. The first-order valence-corrected chi connectivity index (χ1v) is 7.81. The summed E-state index contributed by atoms with van der Waals surface area (Å²) in [6.45, 7) is 5.40. The fraction of sp³-hybridized carbons (Fsp3) is 0.571. The lowest BCUT2D eigenvalue weighted by molar-refractivity contribution is -0.384. The van der Waals surface area contributed by atoms with Gasteiger partial charge in [-0.15, -0.1) is 0 Å². The molecule has 6 heteroatoms. The van der Waals surface area contributed by atoms with Crippen LogP contribution in [0.5, 0.6) is 5.75 Å². The van der Waals surface area contributed by atoms with E-state index in [-0.39, 0.29) is 15.4 Å². The number of nitrogens with one attached hydrogen (secondary N) is 1.